The second-order valence-corrected chi connectivity index (χ2v) is 4.55. The number of rotatable bonds is 2. The van der Waals surface area contributed by atoms with Crippen molar-refractivity contribution in [2.75, 3.05) is 5.32 Å². The molecule has 0 atom stereocenters. The van der Waals surface area contributed by atoms with Crippen LogP contribution in [0, 0.1) is 11.6 Å². The molecular weight excluding hydrogens is 295 g/mol. The molecule has 2 aromatic rings. The van der Waals surface area contributed by atoms with Gasteiger partial charge in [-0.05, 0) is 36.4 Å². The SMILES string of the molecule is O=C(Nc1cc(Cl)ccc1Cl)c1cc(F)ccc1F. The lowest BCUT2D eigenvalue weighted by Gasteiger charge is -2.08. The summed E-state index contributed by atoms with van der Waals surface area (Å²) in [5.41, 5.74) is -0.182. The van der Waals surface area contributed by atoms with Gasteiger partial charge in [0.15, 0.2) is 0 Å². The Labute approximate surface area is 118 Å². The Kier molecular flexibility index (Phi) is 4.02. The predicted octanol–water partition coefficient (Wildman–Crippen LogP) is 4.52. The minimum atomic E-state index is -0.822. The summed E-state index contributed by atoms with van der Waals surface area (Å²) in [6.07, 6.45) is 0. The molecule has 2 rings (SSSR count). The van der Waals surface area contributed by atoms with Gasteiger partial charge < -0.3 is 5.32 Å². The summed E-state index contributed by atoms with van der Waals surface area (Å²) < 4.78 is 26.4. The van der Waals surface area contributed by atoms with E-state index in [4.69, 9.17) is 23.2 Å². The van der Waals surface area contributed by atoms with E-state index in [1.165, 1.54) is 12.1 Å². The number of benzene rings is 2. The molecule has 1 amide bonds. The smallest absolute Gasteiger partial charge is 0.258 e. The third-order valence-electron chi connectivity index (χ3n) is 2.35. The van der Waals surface area contributed by atoms with Crippen LogP contribution in [-0.4, -0.2) is 5.91 Å². The maximum atomic E-state index is 13.4. The lowest BCUT2D eigenvalue weighted by molar-refractivity contribution is 0.102. The molecule has 0 bridgehead atoms. The van der Waals surface area contributed by atoms with Crippen LogP contribution in [0.5, 0.6) is 0 Å². The van der Waals surface area contributed by atoms with Crippen molar-refractivity contribution in [2.45, 2.75) is 0 Å². The second-order valence-electron chi connectivity index (χ2n) is 3.70. The van der Waals surface area contributed by atoms with Crippen molar-refractivity contribution < 1.29 is 13.6 Å². The van der Waals surface area contributed by atoms with E-state index in [9.17, 15) is 13.6 Å². The fourth-order valence-electron chi connectivity index (χ4n) is 1.45. The highest BCUT2D eigenvalue weighted by Crippen LogP contribution is 2.26. The Hall–Kier alpha value is -1.65. The van der Waals surface area contributed by atoms with E-state index in [-0.39, 0.29) is 10.7 Å². The van der Waals surface area contributed by atoms with E-state index in [2.05, 4.69) is 5.32 Å². The summed E-state index contributed by atoms with van der Waals surface area (Å²) in [4.78, 5) is 11.8. The molecule has 1 N–H and O–H groups in total. The van der Waals surface area contributed by atoms with Gasteiger partial charge in [0.05, 0.1) is 16.3 Å². The first-order chi connectivity index (χ1) is 8.97. The van der Waals surface area contributed by atoms with Crippen LogP contribution in [-0.2, 0) is 0 Å². The van der Waals surface area contributed by atoms with Gasteiger partial charge in [0.1, 0.15) is 11.6 Å². The maximum absolute atomic E-state index is 13.4. The van der Waals surface area contributed by atoms with Gasteiger partial charge in [0.25, 0.3) is 5.91 Å². The first-order valence-electron chi connectivity index (χ1n) is 5.19. The van der Waals surface area contributed by atoms with Crippen LogP contribution in [0.25, 0.3) is 0 Å². The zero-order chi connectivity index (χ0) is 14.0. The monoisotopic (exact) mass is 301 g/mol. The summed E-state index contributed by atoms with van der Waals surface area (Å²) >= 11 is 11.6. The number of hydrogen-bond donors (Lipinski definition) is 1. The van der Waals surface area contributed by atoms with Gasteiger partial charge >= 0.3 is 0 Å². The molecule has 0 aliphatic heterocycles. The highest BCUT2D eigenvalue weighted by Gasteiger charge is 2.14. The van der Waals surface area contributed by atoms with Crippen LogP contribution in [0.15, 0.2) is 36.4 Å². The first-order valence-corrected chi connectivity index (χ1v) is 5.94. The number of halogens is 4. The topological polar surface area (TPSA) is 29.1 Å². The minimum Gasteiger partial charge on any atom is -0.320 e. The molecule has 2 nitrogen and oxygen atoms in total. The van der Waals surface area contributed by atoms with E-state index in [1.807, 2.05) is 0 Å². The van der Waals surface area contributed by atoms with Crippen molar-refractivity contribution in [3.8, 4) is 0 Å². The van der Waals surface area contributed by atoms with E-state index in [1.54, 1.807) is 6.07 Å². The fourth-order valence-corrected chi connectivity index (χ4v) is 1.79. The maximum Gasteiger partial charge on any atom is 0.258 e. The molecule has 19 heavy (non-hydrogen) atoms. The zero-order valence-electron chi connectivity index (χ0n) is 9.38. The Morgan fingerprint density at radius 1 is 1.05 bits per heavy atom. The normalized spacial score (nSPS) is 10.3. The number of amides is 1. The van der Waals surface area contributed by atoms with Crippen molar-refractivity contribution >= 4 is 34.8 Å². The lowest BCUT2D eigenvalue weighted by Crippen LogP contribution is -2.14. The van der Waals surface area contributed by atoms with Crippen molar-refractivity contribution in [2.24, 2.45) is 0 Å². The van der Waals surface area contributed by atoms with Crippen LogP contribution in [0.3, 0.4) is 0 Å². The molecule has 0 aliphatic rings. The molecule has 0 spiro atoms. The highest BCUT2D eigenvalue weighted by atomic mass is 35.5. The summed E-state index contributed by atoms with van der Waals surface area (Å²) in [7, 11) is 0. The third kappa shape index (κ3) is 3.22. The second kappa shape index (κ2) is 5.55. The average molecular weight is 302 g/mol. The van der Waals surface area contributed by atoms with E-state index in [0.29, 0.717) is 5.02 Å². The van der Waals surface area contributed by atoms with Crippen LogP contribution < -0.4 is 5.32 Å². The minimum absolute atomic E-state index is 0.225. The van der Waals surface area contributed by atoms with Crippen LogP contribution in [0.4, 0.5) is 14.5 Å². The van der Waals surface area contributed by atoms with Gasteiger partial charge in [-0.25, -0.2) is 8.78 Å². The number of anilines is 1. The molecular formula is C13H7Cl2F2NO. The van der Waals surface area contributed by atoms with Crippen LogP contribution >= 0.6 is 23.2 Å². The van der Waals surface area contributed by atoms with Crippen LogP contribution in [0.1, 0.15) is 10.4 Å². The van der Waals surface area contributed by atoms with Gasteiger partial charge in [-0.2, -0.15) is 0 Å². The molecule has 0 unspecified atom stereocenters. The molecule has 0 aliphatic carbocycles. The first kappa shape index (κ1) is 13.8. The molecule has 98 valence electrons. The summed E-state index contributed by atoms with van der Waals surface area (Å²) in [6.45, 7) is 0. The van der Waals surface area contributed by atoms with Crippen molar-refractivity contribution in [1.82, 2.24) is 0 Å². The summed E-state index contributed by atoms with van der Waals surface area (Å²) in [6, 6.07) is 7.06. The van der Waals surface area contributed by atoms with Crippen molar-refractivity contribution in [3.05, 3.63) is 63.6 Å². The van der Waals surface area contributed by atoms with E-state index in [0.717, 1.165) is 18.2 Å². The molecule has 0 heterocycles. The number of nitrogens with one attached hydrogen (secondary N) is 1. The van der Waals surface area contributed by atoms with Gasteiger partial charge in [-0.15, -0.1) is 0 Å². The molecule has 0 fully saturated rings. The van der Waals surface area contributed by atoms with Gasteiger partial charge in [-0.3, -0.25) is 4.79 Å². The van der Waals surface area contributed by atoms with Crippen molar-refractivity contribution in [1.29, 1.82) is 0 Å². The molecule has 2 aromatic carbocycles. The molecule has 0 aromatic heterocycles. The van der Waals surface area contributed by atoms with Gasteiger partial charge in [-0.1, -0.05) is 23.2 Å². The quantitative estimate of drug-likeness (QED) is 0.868. The van der Waals surface area contributed by atoms with Crippen molar-refractivity contribution in [3.63, 3.8) is 0 Å². The Morgan fingerprint density at radius 2 is 1.79 bits per heavy atom. The van der Waals surface area contributed by atoms with Gasteiger partial charge in [0.2, 0.25) is 0 Å². The largest absolute Gasteiger partial charge is 0.320 e. The Balaban J connectivity index is 2.30. The average Bonchev–Trinajstić information content (AvgIpc) is 2.36. The predicted molar refractivity (Wildman–Crippen MR) is 70.8 cm³/mol. The van der Waals surface area contributed by atoms with E-state index < -0.39 is 23.1 Å². The Bertz CT molecular complexity index is 647. The number of hydrogen-bond acceptors (Lipinski definition) is 1. The van der Waals surface area contributed by atoms with Crippen LogP contribution in [0.2, 0.25) is 10.0 Å². The molecule has 0 saturated heterocycles. The highest BCUT2D eigenvalue weighted by molar-refractivity contribution is 6.35. The van der Waals surface area contributed by atoms with Gasteiger partial charge in [0, 0.05) is 5.02 Å². The number of carbonyl (C=O) groups excluding carboxylic acids is 1. The zero-order valence-corrected chi connectivity index (χ0v) is 10.9. The summed E-state index contributed by atoms with van der Waals surface area (Å²) in [5.74, 6) is -2.33. The molecule has 6 heteroatoms. The van der Waals surface area contributed by atoms with E-state index >= 15 is 0 Å². The number of carbonyl (C=O) groups is 1. The lowest BCUT2D eigenvalue weighted by atomic mass is 10.2. The standard InChI is InChI=1S/C13H7Cl2F2NO/c14-7-1-3-10(15)12(5-7)18-13(19)9-6-8(16)2-4-11(9)17/h1-6H,(H,18,19). The Morgan fingerprint density at radius 3 is 2.53 bits per heavy atom. The molecule has 0 radical (unpaired) electrons. The summed E-state index contributed by atoms with van der Waals surface area (Å²) in [5, 5.41) is 2.98. The molecule has 0 saturated carbocycles. The third-order valence-corrected chi connectivity index (χ3v) is 2.91. The fraction of sp³-hybridized carbons (Fsp3) is 0.